The van der Waals surface area contributed by atoms with E-state index in [2.05, 4.69) is 122 Å². The van der Waals surface area contributed by atoms with E-state index < -0.39 is 0 Å². The smallest absolute Gasteiger partial charge is 0.307 e. The summed E-state index contributed by atoms with van der Waals surface area (Å²) in [4.78, 5) is 38.9. The van der Waals surface area contributed by atoms with Gasteiger partial charge in [-0.1, -0.05) is 95.8 Å². The van der Waals surface area contributed by atoms with Gasteiger partial charge >= 0.3 is 6.03 Å². The number of amides is 2. The molecule has 258 valence electrons. The van der Waals surface area contributed by atoms with Gasteiger partial charge in [0.1, 0.15) is 11.3 Å². The number of nitrogens with zero attached hydrogens (tertiary/aromatic N) is 3. The van der Waals surface area contributed by atoms with E-state index in [9.17, 15) is 9.59 Å². The second-order valence-corrected chi connectivity index (χ2v) is 13.3. The number of H-pyrrole nitrogens is 1. The summed E-state index contributed by atoms with van der Waals surface area (Å²) in [7, 11) is 0. The van der Waals surface area contributed by atoms with Crippen molar-refractivity contribution in [1.29, 1.82) is 0 Å². The molecule has 0 aliphatic carbocycles. The highest BCUT2D eigenvalue weighted by atomic mass is 16.2. The van der Waals surface area contributed by atoms with Crippen LogP contribution in [-0.2, 0) is 6.42 Å². The van der Waals surface area contributed by atoms with Gasteiger partial charge in [-0.15, -0.1) is 0 Å². The van der Waals surface area contributed by atoms with Crippen LogP contribution in [0.15, 0.2) is 95.9 Å². The molecule has 0 saturated carbocycles. The zero-order valence-electron chi connectivity index (χ0n) is 30.2. The van der Waals surface area contributed by atoms with Crippen LogP contribution in [0.1, 0.15) is 82.1 Å². The van der Waals surface area contributed by atoms with Crippen molar-refractivity contribution < 1.29 is 4.79 Å². The third-order valence-corrected chi connectivity index (χ3v) is 9.12. The Kier molecular flexibility index (Phi) is 12.2. The number of fused-ring (bicyclic) bond motifs is 1. The molecule has 7 heteroatoms. The Morgan fingerprint density at radius 1 is 0.860 bits per heavy atom. The molecule has 3 aromatic carbocycles. The van der Waals surface area contributed by atoms with Crippen LogP contribution < -0.4 is 15.8 Å². The van der Waals surface area contributed by atoms with Crippen molar-refractivity contribution in [3.8, 4) is 23.0 Å². The second kappa shape index (κ2) is 17.0. The van der Waals surface area contributed by atoms with E-state index in [4.69, 9.17) is 0 Å². The molecule has 5 rings (SSSR count). The summed E-state index contributed by atoms with van der Waals surface area (Å²) in [6, 6.07) is 28.1. The average Bonchev–Trinajstić information content (AvgIpc) is 3.12. The molecule has 2 N–H and O–H groups in total. The third kappa shape index (κ3) is 8.88. The molecule has 0 fully saturated rings. The molecule has 0 aliphatic rings. The topological polar surface area (TPSA) is 81.3 Å². The molecule has 2 amide bonds. The monoisotopic (exact) mass is 667 g/mol. The van der Waals surface area contributed by atoms with Crippen LogP contribution in [-0.4, -0.2) is 47.1 Å². The van der Waals surface area contributed by atoms with Gasteiger partial charge in [-0.2, -0.15) is 0 Å². The minimum Gasteiger partial charge on any atom is -0.307 e. The molecule has 50 heavy (non-hydrogen) atoms. The minimum atomic E-state index is -0.352. The standard InChI is InChI=1S/C43H49N5O2/c1-7-47(8-2)24-14-20-33-18-12-21-34(26-33)36-27-37(30(3)4)40(38(28-36)31(5)6)45-43(50)48(25-15-19-32-16-10-9-11-17-32)39-29-35-22-13-23-44-41(35)46-42(39)49/h9-13,16-18,21-23,26-31H,7-8,15,19,24-25H2,1-6H3,(H,45,50)(H,44,46,49). The van der Waals surface area contributed by atoms with Crippen LogP contribution in [0.2, 0.25) is 0 Å². The van der Waals surface area contributed by atoms with Crippen LogP contribution in [0, 0.1) is 11.8 Å². The van der Waals surface area contributed by atoms with E-state index in [1.54, 1.807) is 17.2 Å². The first kappa shape index (κ1) is 36.1. The molecule has 0 saturated heterocycles. The van der Waals surface area contributed by atoms with Gasteiger partial charge < -0.3 is 10.3 Å². The van der Waals surface area contributed by atoms with E-state index >= 15 is 0 Å². The lowest BCUT2D eigenvalue weighted by atomic mass is 9.88. The first-order valence-electron chi connectivity index (χ1n) is 17.8. The molecule has 0 atom stereocenters. The van der Waals surface area contributed by atoms with Gasteiger partial charge in [-0.3, -0.25) is 14.6 Å². The van der Waals surface area contributed by atoms with Gasteiger partial charge in [0.15, 0.2) is 0 Å². The zero-order chi connectivity index (χ0) is 35.6. The summed E-state index contributed by atoms with van der Waals surface area (Å²) in [5.74, 6) is 6.93. The van der Waals surface area contributed by atoms with E-state index in [0.29, 0.717) is 24.3 Å². The number of anilines is 2. The number of urea groups is 1. The lowest BCUT2D eigenvalue weighted by Crippen LogP contribution is -2.39. The summed E-state index contributed by atoms with van der Waals surface area (Å²) < 4.78 is 0. The van der Waals surface area contributed by atoms with Gasteiger partial charge in [0.25, 0.3) is 5.56 Å². The number of carbonyl (C=O) groups excluding carboxylic acids is 1. The van der Waals surface area contributed by atoms with Crippen molar-refractivity contribution in [1.82, 2.24) is 14.9 Å². The number of aryl methyl sites for hydroxylation is 1. The number of hydrogen-bond acceptors (Lipinski definition) is 4. The molecule has 7 nitrogen and oxygen atoms in total. The third-order valence-electron chi connectivity index (χ3n) is 9.12. The summed E-state index contributed by atoms with van der Waals surface area (Å²) in [6.45, 7) is 16.0. The maximum absolute atomic E-state index is 14.4. The molecular formula is C43H49N5O2. The second-order valence-electron chi connectivity index (χ2n) is 13.3. The summed E-state index contributed by atoms with van der Waals surface area (Å²) in [6.07, 6.45) is 3.10. The number of nitrogens with one attached hydrogen (secondary N) is 2. The number of pyridine rings is 2. The lowest BCUT2D eigenvalue weighted by Gasteiger charge is -2.27. The first-order chi connectivity index (χ1) is 24.2. The molecular weight excluding hydrogens is 619 g/mol. The Morgan fingerprint density at radius 3 is 2.26 bits per heavy atom. The number of benzene rings is 3. The van der Waals surface area contributed by atoms with Crippen molar-refractivity contribution >= 4 is 28.4 Å². The molecule has 0 unspecified atom stereocenters. The van der Waals surface area contributed by atoms with Gasteiger partial charge in [0.2, 0.25) is 0 Å². The molecule has 0 radical (unpaired) electrons. The molecule has 0 spiro atoms. The highest BCUT2D eigenvalue weighted by Crippen LogP contribution is 2.38. The van der Waals surface area contributed by atoms with Crippen LogP contribution >= 0.6 is 0 Å². The van der Waals surface area contributed by atoms with Crippen molar-refractivity contribution in [2.45, 2.75) is 66.2 Å². The highest BCUT2D eigenvalue weighted by molar-refractivity contribution is 6.03. The molecule has 2 aromatic heterocycles. The maximum Gasteiger partial charge on any atom is 0.326 e. The molecule has 2 heterocycles. The normalized spacial score (nSPS) is 11.2. The Bertz CT molecular complexity index is 2000. The van der Waals surface area contributed by atoms with Crippen molar-refractivity contribution in [2.75, 3.05) is 36.4 Å². The Labute approximate surface area is 296 Å². The lowest BCUT2D eigenvalue weighted by molar-refractivity contribution is 0.256. The zero-order valence-corrected chi connectivity index (χ0v) is 30.2. The number of aromatic nitrogens is 2. The van der Waals surface area contributed by atoms with Gasteiger partial charge in [-0.25, -0.2) is 9.78 Å². The quantitative estimate of drug-likeness (QED) is 0.130. The van der Waals surface area contributed by atoms with E-state index in [1.165, 1.54) is 5.56 Å². The SMILES string of the molecule is CCN(CC)CC#Cc1cccc(-c2cc(C(C)C)c(NC(=O)N(CCCc3ccccc3)c3cc4cccnc4[nH]c3=O)c(C(C)C)c2)c1. The Hall–Kier alpha value is -5.19. The summed E-state index contributed by atoms with van der Waals surface area (Å²) >= 11 is 0. The van der Waals surface area contributed by atoms with Gasteiger partial charge in [0, 0.05) is 29.4 Å². The fourth-order valence-corrected chi connectivity index (χ4v) is 6.20. The molecule has 0 aliphatic heterocycles. The fraction of sp³-hybridized carbons (Fsp3) is 0.326. The Balaban J connectivity index is 1.51. The van der Waals surface area contributed by atoms with Crippen LogP contribution in [0.5, 0.6) is 0 Å². The van der Waals surface area contributed by atoms with Crippen molar-refractivity contribution in [3.05, 3.63) is 124 Å². The van der Waals surface area contributed by atoms with Crippen molar-refractivity contribution in [2.24, 2.45) is 0 Å². The van der Waals surface area contributed by atoms with Gasteiger partial charge in [-0.05, 0) is 108 Å². The van der Waals surface area contributed by atoms with E-state index in [0.717, 1.165) is 64.9 Å². The predicted molar refractivity (Wildman–Crippen MR) is 208 cm³/mol. The van der Waals surface area contributed by atoms with Crippen LogP contribution in [0.3, 0.4) is 0 Å². The van der Waals surface area contributed by atoms with Crippen molar-refractivity contribution in [3.63, 3.8) is 0 Å². The summed E-state index contributed by atoms with van der Waals surface area (Å²) in [5, 5.41) is 4.06. The number of rotatable bonds is 12. The Morgan fingerprint density at radius 2 is 1.58 bits per heavy atom. The first-order valence-corrected chi connectivity index (χ1v) is 17.8. The average molecular weight is 668 g/mol. The van der Waals surface area contributed by atoms with Crippen LogP contribution in [0.4, 0.5) is 16.2 Å². The predicted octanol–water partition coefficient (Wildman–Crippen LogP) is 9.20. The highest BCUT2D eigenvalue weighted by Gasteiger charge is 2.24. The number of aromatic amines is 1. The number of hydrogen-bond donors (Lipinski definition) is 2. The summed E-state index contributed by atoms with van der Waals surface area (Å²) in [5.41, 5.74) is 7.64. The largest absolute Gasteiger partial charge is 0.326 e. The minimum absolute atomic E-state index is 0.126. The molecule has 5 aromatic rings. The van der Waals surface area contributed by atoms with Gasteiger partial charge in [0.05, 0.1) is 6.54 Å². The number of carbonyl (C=O) groups is 1. The van der Waals surface area contributed by atoms with E-state index in [1.807, 2.05) is 30.3 Å². The van der Waals surface area contributed by atoms with Crippen LogP contribution in [0.25, 0.3) is 22.2 Å². The fourth-order valence-electron chi connectivity index (χ4n) is 6.20. The molecule has 0 bridgehead atoms. The maximum atomic E-state index is 14.4. The van der Waals surface area contributed by atoms with E-state index in [-0.39, 0.29) is 23.4 Å².